The van der Waals surface area contributed by atoms with Crippen LogP contribution < -0.4 is 4.90 Å². The number of amides is 1. The largest absolute Gasteiger partial charge is 0.339 e. The van der Waals surface area contributed by atoms with Crippen molar-refractivity contribution in [3.8, 4) is 11.4 Å². The second-order valence-electron chi connectivity index (χ2n) is 6.30. The molecule has 25 heavy (non-hydrogen) atoms. The topological polar surface area (TPSA) is 59.2 Å². The number of hydrogen-bond acceptors (Lipinski definition) is 4. The van der Waals surface area contributed by atoms with Crippen LogP contribution >= 0.6 is 0 Å². The van der Waals surface area contributed by atoms with Gasteiger partial charge in [-0.2, -0.15) is 4.98 Å². The second-order valence-corrected chi connectivity index (χ2v) is 6.30. The molecule has 5 nitrogen and oxygen atoms in total. The summed E-state index contributed by atoms with van der Waals surface area (Å²) in [4.78, 5) is 18.8. The minimum absolute atomic E-state index is 0.0973. The highest BCUT2D eigenvalue weighted by Gasteiger charge is 2.24. The Balaban J connectivity index is 1.41. The molecule has 4 rings (SSSR count). The zero-order valence-corrected chi connectivity index (χ0v) is 14.1. The lowest BCUT2D eigenvalue weighted by Gasteiger charge is -2.16. The monoisotopic (exact) mass is 333 g/mol. The van der Waals surface area contributed by atoms with Crippen LogP contribution in [0.5, 0.6) is 0 Å². The molecule has 0 atom stereocenters. The molecule has 0 saturated heterocycles. The first-order chi connectivity index (χ1) is 12.2. The van der Waals surface area contributed by atoms with E-state index in [1.54, 1.807) is 0 Å². The maximum Gasteiger partial charge on any atom is 0.227 e. The Morgan fingerprint density at radius 1 is 1.16 bits per heavy atom. The van der Waals surface area contributed by atoms with Gasteiger partial charge in [-0.25, -0.2) is 0 Å². The van der Waals surface area contributed by atoms with Crippen molar-refractivity contribution in [1.82, 2.24) is 10.1 Å². The first-order valence-corrected chi connectivity index (χ1v) is 8.48. The number of anilines is 1. The third kappa shape index (κ3) is 3.18. The molecule has 0 aliphatic carbocycles. The zero-order valence-electron chi connectivity index (χ0n) is 14.1. The van der Waals surface area contributed by atoms with Crippen molar-refractivity contribution >= 4 is 11.6 Å². The Morgan fingerprint density at radius 3 is 2.80 bits per heavy atom. The Morgan fingerprint density at radius 2 is 1.96 bits per heavy atom. The number of rotatable bonds is 4. The molecule has 3 aromatic rings. The summed E-state index contributed by atoms with van der Waals surface area (Å²) in [6.07, 6.45) is 1.74. The molecule has 126 valence electrons. The van der Waals surface area contributed by atoms with Gasteiger partial charge < -0.3 is 9.42 Å². The van der Waals surface area contributed by atoms with E-state index >= 15 is 0 Å². The third-order valence-corrected chi connectivity index (χ3v) is 4.52. The van der Waals surface area contributed by atoms with E-state index in [0.29, 0.717) is 24.6 Å². The van der Waals surface area contributed by atoms with Gasteiger partial charge in [0.2, 0.25) is 17.6 Å². The van der Waals surface area contributed by atoms with Gasteiger partial charge in [0.1, 0.15) is 0 Å². The second kappa shape index (κ2) is 6.51. The smallest absolute Gasteiger partial charge is 0.227 e. The van der Waals surface area contributed by atoms with Crippen molar-refractivity contribution in [2.24, 2.45) is 0 Å². The number of benzene rings is 2. The summed E-state index contributed by atoms with van der Waals surface area (Å²) in [6.45, 7) is 2.78. The van der Waals surface area contributed by atoms with Crippen LogP contribution in [0.15, 0.2) is 53.1 Å². The first kappa shape index (κ1) is 15.6. The number of hydrogen-bond donors (Lipinski definition) is 0. The van der Waals surface area contributed by atoms with Crippen molar-refractivity contribution in [2.45, 2.75) is 26.2 Å². The summed E-state index contributed by atoms with van der Waals surface area (Å²) in [5.74, 6) is 1.16. The normalized spacial score (nSPS) is 13.1. The maximum atomic E-state index is 12.5. The zero-order chi connectivity index (χ0) is 17.2. The molecule has 5 heteroatoms. The SMILES string of the molecule is Cc1ccc(-c2noc(CCC(=O)N3CCc4ccccc43)n2)cc1. The average Bonchev–Trinajstić information content (AvgIpc) is 3.27. The predicted octanol–water partition coefficient (Wildman–Crippen LogP) is 3.57. The van der Waals surface area contributed by atoms with Crippen LogP contribution in [0.1, 0.15) is 23.4 Å². The van der Waals surface area contributed by atoms with Crippen molar-refractivity contribution in [1.29, 1.82) is 0 Å². The fourth-order valence-electron chi connectivity index (χ4n) is 3.12. The highest BCUT2D eigenvalue weighted by Crippen LogP contribution is 2.28. The molecule has 2 heterocycles. The number of carbonyl (C=O) groups excluding carboxylic acids is 1. The molecular formula is C20H19N3O2. The van der Waals surface area contributed by atoms with E-state index in [0.717, 1.165) is 24.2 Å². The summed E-state index contributed by atoms with van der Waals surface area (Å²) in [6, 6.07) is 16.0. The van der Waals surface area contributed by atoms with Crippen LogP contribution in [0.25, 0.3) is 11.4 Å². The van der Waals surface area contributed by atoms with Gasteiger partial charge in [0.15, 0.2) is 0 Å². The van der Waals surface area contributed by atoms with E-state index in [4.69, 9.17) is 4.52 Å². The van der Waals surface area contributed by atoms with Crippen molar-refractivity contribution in [3.05, 3.63) is 65.5 Å². The Hall–Kier alpha value is -2.95. The molecule has 0 saturated carbocycles. The van der Waals surface area contributed by atoms with Crippen LogP contribution in [0.2, 0.25) is 0 Å². The standard InChI is InChI=1S/C20H19N3O2/c1-14-6-8-16(9-7-14)20-21-18(25-22-20)10-11-19(24)23-13-12-15-4-2-3-5-17(15)23/h2-9H,10-13H2,1H3. The summed E-state index contributed by atoms with van der Waals surface area (Å²) < 4.78 is 5.30. The number of nitrogens with zero attached hydrogens (tertiary/aromatic N) is 3. The fraction of sp³-hybridized carbons (Fsp3) is 0.250. The number of para-hydroxylation sites is 1. The van der Waals surface area contributed by atoms with Gasteiger partial charge in [-0.1, -0.05) is 53.2 Å². The summed E-state index contributed by atoms with van der Waals surface area (Å²) >= 11 is 0. The van der Waals surface area contributed by atoms with E-state index in [-0.39, 0.29) is 5.91 Å². The Kier molecular flexibility index (Phi) is 4.06. The lowest BCUT2D eigenvalue weighted by atomic mass is 10.1. The lowest BCUT2D eigenvalue weighted by Crippen LogP contribution is -2.29. The van der Waals surface area contributed by atoms with Gasteiger partial charge in [-0.05, 0) is 25.0 Å². The van der Waals surface area contributed by atoms with Gasteiger partial charge in [-0.15, -0.1) is 0 Å². The van der Waals surface area contributed by atoms with Crippen molar-refractivity contribution in [2.75, 3.05) is 11.4 Å². The highest BCUT2D eigenvalue weighted by molar-refractivity contribution is 5.95. The van der Waals surface area contributed by atoms with E-state index in [9.17, 15) is 4.79 Å². The molecule has 0 spiro atoms. The number of aryl methyl sites for hydroxylation is 2. The molecule has 0 fully saturated rings. The van der Waals surface area contributed by atoms with Gasteiger partial charge in [-0.3, -0.25) is 4.79 Å². The minimum atomic E-state index is 0.0973. The number of aromatic nitrogens is 2. The third-order valence-electron chi connectivity index (χ3n) is 4.52. The molecule has 2 aromatic carbocycles. The summed E-state index contributed by atoms with van der Waals surface area (Å²) in [7, 11) is 0. The maximum absolute atomic E-state index is 12.5. The van der Waals surface area contributed by atoms with Gasteiger partial charge in [0, 0.05) is 30.6 Å². The molecule has 1 aromatic heterocycles. The first-order valence-electron chi connectivity index (χ1n) is 8.48. The molecular weight excluding hydrogens is 314 g/mol. The van der Waals surface area contributed by atoms with Crippen LogP contribution in [0.4, 0.5) is 5.69 Å². The van der Waals surface area contributed by atoms with Crippen LogP contribution in [-0.2, 0) is 17.6 Å². The quantitative estimate of drug-likeness (QED) is 0.732. The highest BCUT2D eigenvalue weighted by atomic mass is 16.5. The molecule has 1 aliphatic rings. The van der Waals surface area contributed by atoms with Gasteiger partial charge >= 0.3 is 0 Å². The number of carbonyl (C=O) groups is 1. The molecule has 1 amide bonds. The molecule has 1 aliphatic heterocycles. The van der Waals surface area contributed by atoms with E-state index in [2.05, 4.69) is 16.2 Å². The van der Waals surface area contributed by atoms with E-state index in [1.165, 1.54) is 11.1 Å². The van der Waals surface area contributed by atoms with Crippen LogP contribution in [0, 0.1) is 6.92 Å². The Bertz CT molecular complexity index is 899. The summed E-state index contributed by atoms with van der Waals surface area (Å²) in [5.41, 5.74) is 4.36. The van der Waals surface area contributed by atoms with Crippen LogP contribution in [0.3, 0.4) is 0 Å². The lowest BCUT2D eigenvalue weighted by molar-refractivity contribution is -0.118. The minimum Gasteiger partial charge on any atom is -0.339 e. The van der Waals surface area contributed by atoms with E-state index < -0.39 is 0 Å². The molecule has 0 radical (unpaired) electrons. The van der Waals surface area contributed by atoms with Crippen molar-refractivity contribution in [3.63, 3.8) is 0 Å². The fourth-order valence-corrected chi connectivity index (χ4v) is 3.12. The molecule has 0 N–H and O–H groups in total. The molecule has 0 bridgehead atoms. The van der Waals surface area contributed by atoms with E-state index in [1.807, 2.05) is 54.3 Å². The molecule has 0 unspecified atom stereocenters. The van der Waals surface area contributed by atoms with Crippen molar-refractivity contribution < 1.29 is 9.32 Å². The summed E-state index contributed by atoms with van der Waals surface area (Å²) in [5, 5.41) is 4.02. The predicted molar refractivity (Wildman–Crippen MR) is 95.3 cm³/mol. The van der Waals surface area contributed by atoms with Gasteiger partial charge in [0.25, 0.3) is 0 Å². The van der Waals surface area contributed by atoms with Crippen LogP contribution in [-0.4, -0.2) is 22.6 Å². The van der Waals surface area contributed by atoms with Gasteiger partial charge in [0.05, 0.1) is 0 Å². The Labute approximate surface area is 146 Å². The number of fused-ring (bicyclic) bond motifs is 1. The average molecular weight is 333 g/mol.